The van der Waals surface area contributed by atoms with Crippen molar-refractivity contribution in [2.24, 2.45) is 5.73 Å². The van der Waals surface area contributed by atoms with E-state index in [1.165, 1.54) is 12.1 Å². The number of para-hydroxylation sites is 2. The molecule has 102 valence electrons. The van der Waals surface area contributed by atoms with Crippen LogP contribution in [0.25, 0.3) is 0 Å². The summed E-state index contributed by atoms with van der Waals surface area (Å²) in [5, 5.41) is 14.1. The largest absolute Gasteiger partial charge is 0.369 e. The van der Waals surface area contributed by atoms with E-state index in [1.807, 2.05) is 18.2 Å². The van der Waals surface area contributed by atoms with E-state index < -0.39 is 10.8 Å². The summed E-state index contributed by atoms with van der Waals surface area (Å²) in [4.78, 5) is 21.7. The van der Waals surface area contributed by atoms with Crippen LogP contribution in [-0.2, 0) is 11.2 Å². The first-order chi connectivity index (χ1) is 9.58. The number of carbonyl (C=O) groups excluding carboxylic acids is 1. The van der Waals surface area contributed by atoms with Crippen LogP contribution in [0.1, 0.15) is 5.56 Å². The van der Waals surface area contributed by atoms with Crippen LogP contribution in [0.5, 0.6) is 0 Å². The molecule has 0 spiro atoms. The van der Waals surface area contributed by atoms with Crippen LogP contribution in [0.2, 0.25) is 0 Å². The summed E-state index contributed by atoms with van der Waals surface area (Å²) in [5.41, 5.74) is 6.58. The molecule has 0 aliphatic rings. The van der Waals surface area contributed by atoms with Gasteiger partial charge in [-0.25, -0.2) is 0 Å². The van der Waals surface area contributed by atoms with Gasteiger partial charge in [0.2, 0.25) is 5.91 Å². The Balaban J connectivity index is 2.46. The highest BCUT2D eigenvalue weighted by molar-refractivity contribution is 5.82. The standard InChI is InChI=1S/C14H13N3O3/c15-13(18)9-10-5-4-8-12(17(19)20)14(10)16-11-6-2-1-3-7-11/h1-8,16H,9H2,(H2,15,18). The lowest BCUT2D eigenvalue weighted by Gasteiger charge is -2.11. The maximum absolute atomic E-state index is 11.1. The van der Waals surface area contributed by atoms with Crippen molar-refractivity contribution in [3.05, 3.63) is 64.2 Å². The molecule has 0 heterocycles. The smallest absolute Gasteiger partial charge is 0.292 e. The SMILES string of the molecule is NC(=O)Cc1cccc([N+](=O)[O-])c1Nc1ccccc1. The number of carbonyl (C=O) groups is 1. The van der Waals surface area contributed by atoms with Crippen LogP contribution in [0.3, 0.4) is 0 Å². The van der Waals surface area contributed by atoms with Crippen molar-refractivity contribution in [3.8, 4) is 0 Å². The molecule has 0 bridgehead atoms. The summed E-state index contributed by atoms with van der Waals surface area (Å²) in [6.45, 7) is 0. The lowest BCUT2D eigenvalue weighted by molar-refractivity contribution is -0.384. The number of benzene rings is 2. The Morgan fingerprint density at radius 1 is 1.15 bits per heavy atom. The third kappa shape index (κ3) is 3.11. The van der Waals surface area contributed by atoms with Gasteiger partial charge in [-0.3, -0.25) is 14.9 Å². The van der Waals surface area contributed by atoms with Gasteiger partial charge in [0, 0.05) is 11.8 Å². The molecule has 0 atom stereocenters. The van der Waals surface area contributed by atoms with Gasteiger partial charge in [-0.15, -0.1) is 0 Å². The molecule has 3 N–H and O–H groups in total. The van der Waals surface area contributed by atoms with Crippen molar-refractivity contribution in [2.45, 2.75) is 6.42 Å². The molecule has 0 fully saturated rings. The molecule has 0 aliphatic heterocycles. The minimum Gasteiger partial charge on any atom is -0.369 e. The third-order valence-corrected chi connectivity index (χ3v) is 2.73. The molecule has 0 aliphatic carbocycles. The highest BCUT2D eigenvalue weighted by Crippen LogP contribution is 2.31. The molecule has 0 aromatic heterocycles. The molecule has 0 radical (unpaired) electrons. The first-order valence-corrected chi connectivity index (χ1v) is 5.94. The number of hydrogen-bond donors (Lipinski definition) is 2. The van der Waals surface area contributed by atoms with E-state index in [0.29, 0.717) is 16.9 Å². The normalized spacial score (nSPS) is 10.0. The molecule has 1 amide bonds. The maximum Gasteiger partial charge on any atom is 0.292 e. The highest BCUT2D eigenvalue weighted by Gasteiger charge is 2.18. The topological polar surface area (TPSA) is 98.3 Å². The van der Waals surface area contributed by atoms with E-state index in [4.69, 9.17) is 5.73 Å². The number of nitrogens with two attached hydrogens (primary N) is 1. The molecular formula is C14H13N3O3. The number of anilines is 2. The predicted molar refractivity (Wildman–Crippen MR) is 75.7 cm³/mol. The Labute approximate surface area is 115 Å². The van der Waals surface area contributed by atoms with Crippen LogP contribution in [0.15, 0.2) is 48.5 Å². The Morgan fingerprint density at radius 2 is 1.85 bits per heavy atom. The van der Waals surface area contributed by atoms with Gasteiger partial charge in [0.25, 0.3) is 5.69 Å². The number of nitro groups is 1. The first-order valence-electron chi connectivity index (χ1n) is 5.94. The van der Waals surface area contributed by atoms with Crippen LogP contribution < -0.4 is 11.1 Å². The van der Waals surface area contributed by atoms with Crippen molar-refractivity contribution in [3.63, 3.8) is 0 Å². The summed E-state index contributed by atoms with van der Waals surface area (Å²) >= 11 is 0. The van der Waals surface area contributed by atoms with Crippen LogP contribution >= 0.6 is 0 Å². The maximum atomic E-state index is 11.1. The molecule has 0 saturated heterocycles. The zero-order valence-electron chi connectivity index (χ0n) is 10.6. The molecular weight excluding hydrogens is 258 g/mol. The zero-order chi connectivity index (χ0) is 14.5. The van der Waals surface area contributed by atoms with Gasteiger partial charge in [0.05, 0.1) is 11.3 Å². The average Bonchev–Trinajstić information content (AvgIpc) is 2.41. The molecule has 0 saturated carbocycles. The number of nitro benzene ring substituents is 1. The van der Waals surface area contributed by atoms with Gasteiger partial charge >= 0.3 is 0 Å². The monoisotopic (exact) mass is 271 g/mol. The van der Waals surface area contributed by atoms with E-state index in [9.17, 15) is 14.9 Å². The van der Waals surface area contributed by atoms with E-state index in [0.717, 1.165) is 0 Å². The Bertz CT molecular complexity index is 641. The van der Waals surface area contributed by atoms with E-state index in [2.05, 4.69) is 5.32 Å². The molecule has 2 aromatic rings. The fourth-order valence-corrected chi connectivity index (χ4v) is 1.88. The fraction of sp³-hybridized carbons (Fsp3) is 0.0714. The number of nitrogens with zero attached hydrogens (tertiary/aromatic N) is 1. The minimum atomic E-state index is -0.540. The Morgan fingerprint density at radius 3 is 2.45 bits per heavy atom. The van der Waals surface area contributed by atoms with Crippen molar-refractivity contribution in [1.29, 1.82) is 0 Å². The van der Waals surface area contributed by atoms with Gasteiger partial charge < -0.3 is 11.1 Å². The van der Waals surface area contributed by atoms with Gasteiger partial charge in [-0.1, -0.05) is 30.3 Å². The Hall–Kier alpha value is -2.89. The predicted octanol–water partition coefficient (Wildman–Crippen LogP) is 2.37. The molecule has 20 heavy (non-hydrogen) atoms. The van der Waals surface area contributed by atoms with Gasteiger partial charge in [0.1, 0.15) is 5.69 Å². The number of amides is 1. The highest BCUT2D eigenvalue weighted by atomic mass is 16.6. The van der Waals surface area contributed by atoms with Crippen LogP contribution in [0.4, 0.5) is 17.1 Å². The molecule has 0 unspecified atom stereocenters. The van der Waals surface area contributed by atoms with Crippen molar-refractivity contribution in [1.82, 2.24) is 0 Å². The van der Waals surface area contributed by atoms with Gasteiger partial charge in [0.15, 0.2) is 0 Å². The zero-order valence-corrected chi connectivity index (χ0v) is 10.6. The molecule has 6 nitrogen and oxygen atoms in total. The fourth-order valence-electron chi connectivity index (χ4n) is 1.88. The average molecular weight is 271 g/mol. The van der Waals surface area contributed by atoms with Crippen molar-refractivity contribution < 1.29 is 9.72 Å². The third-order valence-electron chi connectivity index (χ3n) is 2.73. The number of primary amides is 1. The summed E-state index contributed by atoms with van der Waals surface area (Å²) in [6.07, 6.45) is -0.0587. The number of nitrogens with one attached hydrogen (secondary N) is 1. The first kappa shape index (κ1) is 13.5. The van der Waals surface area contributed by atoms with Crippen molar-refractivity contribution >= 4 is 23.0 Å². The summed E-state index contributed by atoms with van der Waals surface area (Å²) < 4.78 is 0. The molecule has 2 aromatic carbocycles. The molecule has 2 rings (SSSR count). The van der Waals surface area contributed by atoms with Crippen molar-refractivity contribution in [2.75, 3.05) is 5.32 Å². The van der Waals surface area contributed by atoms with Crippen LogP contribution in [-0.4, -0.2) is 10.8 Å². The van der Waals surface area contributed by atoms with Gasteiger partial charge in [-0.05, 0) is 17.7 Å². The van der Waals surface area contributed by atoms with Gasteiger partial charge in [-0.2, -0.15) is 0 Å². The quantitative estimate of drug-likeness (QED) is 0.644. The number of rotatable bonds is 5. The van der Waals surface area contributed by atoms with E-state index >= 15 is 0 Å². The second-order valence-corrected chi connectivity index (χ2v) is 4.20. The molecule has 6 heteroatoms. The van der Waals surface area contributed by atoms with Crippen LogP contribution in [0, 0.1) is 10.1 Å². The second-order valence-electron chi connectivity index (χ2n) is 4.20. The summed E-state index contributed by atoms with van der Waals surface area (Å²) in [6, 6.07) is 13.6. The van der Waals surface area contributed by atoms with E-state index in [1.54, 1.807) is 18.2 Å². The lowest BCUT2D eigenvalue weighted by atomic mass is 10.1. The van der Waals surface area contributed by atoms with E-state index in [-0.39, 0.29) is 12.1 Å². The summed E-state index contributed by atoms with van der Waals surface area (Å²) in [7, 11) is 0. The minimum absolute atomic E-state index is 0.0587. The lowest BCUT2D eigenvalue weighted by Crippen LogP contribution is -2.15. The number of hydrogen-bond acceptors (Lipinski definition) is 4. The summed E-state index contributed by atoms with van der Waals surface area (Å²) in [5.74, 6) is -0.540. The Kier molecular flexibility index (Phi) is 3.95. The second kappa shape index (κ2) is 5.83.